The maximum Gasteiger partial charge on any atom is 0.0764 e. The van der Waals surface area contributed by atoms with Crippen LogP contribution in [0.15, 0.2) is 51.9 Å². The smallest absolute Gasteiger partial charge is 0.0764 e. The van der Waals surface area contributed by atoms with Gasteiger partial charge in [0.15, 0.2) is 0 Å². The van der Waals surface area contributed by atoms with E-state index in [9.17, 15) is 0 Å². The molecule has 0 aliphatic rings. The quantitative estimate of drug-likeness (QED) is 0.690. The summed E-state index contributed by atoms with van der Waals surface area (Å²) in [6, 6.07) is 11.2. The Morgan fingerprint density at radius 3 is 2.21 bits per heavy atom. The first-order valence-corrected chi connectivity index (χ1v) is 8.95. The highest BCUT2D eigenvalue weighted by molar-refractivity contribution is 7.11. The van der Waals surface area contributed by atoms with Gasteiger partial charge >= 0.3 is 0 Å². The predicted octanol–water partition coefficient (Wildman–Crippen LogP) is 4.79. The SMILES string of the molecule is c1csc(C(NCCc2ccsc2)c2cccs2)c1. The summed E-state index contributed by atoms with van der Waals surface area (Å²) in [5.41, 5.74) is 1.42. The minimum atomic E-state index is 0.346. The molecule has 0 saturated carbocycles. The molecule has 98 valence electrons. The zero-order chi connectivity index (χ0) is 12.9. The standard InChI is InChI=1S/C15H15NS3/c1-3-13(18-8-1)15(14-4-2-9-19-14)16-7-5-12-6-10-17-11-12/h1-4,6,8-11,15-16H,5,7H2. The molecule has 0 bridgehead atoms. The van der Waals surface area contributed by atoms with Crippen LogP contribution in [-0.2, 0) is 6.42 Å². The first-order valence-electron chi connectivity index (χ1n) is 6.25. The first kappa shape index (κ1) is 13.1. The van der Waals surface area contributed by atoms with E-state index in [2.05, 4.69) is 57.2 Å². The Kier molecular flexibility index (Phi) is 4.45. The van der Waals surface area contributed by atoms with Gasteiger partial charge in [-0.15, -0.1) is 22.7 Å². The molecule has 0 fully saturated rings. The highest BCUT2D eigenvalue weighted by Crippen LogP contribution is 2.29. The van der Waals surface area contributed by atoms with Crippen LogP contribution in [0.5, 0.6) is 0 Å². The van der Waals surface area contributed by atoms with Gasteiger partial charge < -0.3 is 5.32 Å². The van der Waals surface area contributed by atoms with Crippen molar-refractivity contribution >= 4 is 34.0 Å². The second-order valence-electron chi connectivity index (χ2n) is 4.30. The van der Waals surface area contributed by atoms with Crippen LogP contribution >= 0.6 is 34.0 Å². The number of rotatable bonds is 6. The molecule has 3 rings (SSSR count). The molecule has 3 heterocycles. The van der Waals surface area contributed by atoms with E-state index in [4.69, 9.17) is 0 Å². The van der Waals surface area contributed by atoms with Crippen LogP contribution in [0.2, 0.25) is 0 Å². The van der Waals surface area contributed by atoms with Crippen molar-refractivity contribution in [2.75, 3.05) is 6.54 Å². The lowest BCUT2D eigenvalue weighted by atomic mass is 10.2. The molecule has 0 unspecified atom stereocenters. The first-order chi connectivity index (χ1) is 9.43. The highest BCUT2D eigenvalue weighted by Gasteiger charge is 2.15. The average molecular weight is 305 g/mol. The van der Waals surface area contributed by atoms with Crippen LogP contribution in [-0.4, -0.2) is 6.54 Å². The zero-order valence-electron chi connectivity index (χ0n) is 10.4. The molecule has 19 heavy (non-hydrogen) atoms. The molecule has 0 atom stereocenters. The molecule has 0 saturated heterocycles. The van der Waals surface area contributed by atoms with E-state index >= 15 is 0 Å². The van der Waals surface area contributed by atoms with Gasteiger partial charge in [0.05, 0.1) is 6.04 Å². The van der Waals surface area contributed by atoms with E-state index in [1.54, 1.807) is 11.3 Å². The van der Waals surface area contributed by atoms with Gasteiger partial charge in [0, 0.05) is 16.3 Å². The van der Waals surface area contributed by atoms with Crippen molar-refractivity contribution < 1.29 is 0 Å². The van der Waals surface area contributed by atoms with Gasteiger partial charge in [-0.05, 0) is 51.7 Å². The third-order valence-corrected chi connectivity index (χ3v) is 5.60. The van der Waals surface area contributed by atoms with Gasteiger partial charge in [-0.3, -0.25) is 0 Å². The summed E-state index contributed by atoms with van der Waals surface area (Å²) >= 11 is 5.42. The fourth-order valence-electron chi connectivity index (χ4n) is 2.05. The molecule has 0 radical (unpaired) electrons. The van der Waals surface area contributed by atoms with E-state index in [-0.39, 0.29) is 0 Å². The van der Waals surface area contributed by atoms with Crippen molar-refractivity contribution in [2.24, 2.45) is 0 Å². The minimum Gasteiger partial charge on any atom is -0.305 e. The summed E-state index contributed by atoms with van der Waals surface area (Å²) in [5.74, 6) is 0. The lowest BCUT2D eigenvalue weighted by Gasteiger charge is -2.15. The Hall–Kier alpha value is -0.940. The molecule has 1 nitrogen and oxygen atoms in total. The fraction of sp³-hybridized carbons (Fsp3) is 0.200. The van der Waals surface area contributed by atoms with Crippen molar-refractivity contribution in [3.63, 3.8) is 0 Å². The van der Waals surface area contributed by atoms with Gasteiger partial charge in [0.1, 0.15) is 0 Å². The Bertz CT molecular complexity index is 533. The molecule has 0 aliphatic heterocycles. The van der Waals surface area contributed by atoms with Crippen LogP contribution in [0.4, 0.5) is 0 Å². The predicted molar refractivity (Wildman–Crippen MR) is 86.5 cm³/mol. The van der Waals surface area contributed by atoms with E-state index in [1.807, 2.05) is 22.7 Å². The Morgan fingerprint density at radius 2 is 1.68 bits per heavy atom. The van der Waals surface area contributed by atoms with Crippen LogP contribution in [0.3, 0.4) is 0 Å². The Morgan fingerprint density at radius 1 is 0.947 bits per heavy atom. The van der Waals surface area contributed by atoms with Crippen molar-refractivity contribution in [1.29, 1.82) is 0 Å². The highest BCUT2D eigenvalue weighted by atomic mass is 32.1. The minimum absolute atomic E-state index is 0.346. The van der Waals surface area contributed by atoms with E-state index in [1.165, 1.54) is 15.3 Å². The lowest BCUT2D eigenvalue weighted by molar-refractivity contribution is 0.621. The maximum absolute atomic E-state index is 3.69. The summed E-state index contributed by atoms with van der Waals surface area (Å²) in [6.07, 6.45) is 1.09. The van der Waals surface area contributed by atoms with Crippen LogP contribution in [0.25, 0.3) is 0 Å². The van der Waals surface area contributed by atoms with Gasteiger partial charge in [-0.25, -0.2) is 0 Å². The van der Waals surface area contributed by atoms with Gasteiger partial charge in [-0.1, -0.05) is 12.1 Å². The molecule has 0 aliphatic carbocycles. The van der Waals surface area contributed by atoms with Gasteiger partial charge in [-0.2, -0.15) is 11.3 Å². The second kappa shape index (κ2) is 6.48. The van der Waals surface area contributed by atoms with E-state index in [0.717, 1.165) is 13.0 Å². The Labute approximate surface area is 125 Å². The van der Waals surface area contributed by atoms with Crippen molar-refractivity contribution in [1.82, 2.24) is 5.32 Å². The van der Waals surface area contributed by atoms with E-state index in [0.29, 0.717) is 6.04 Å². The second-order valence-corrected chi connectivity index (χ2v) is 7.04. The summed E-state index contributed by atoms with van der Waals surface area (Å²) in [7, 11) is 0. The summed E-state index contributed by atoms with van der Waals surface area (Å²) in [5, 5.41) is 12.4. The lowest BCUT2D eigenvalue weighted by Crippen LogP contribution is -2.23. The summed E-state index contributed by atoms with van der Waals surface area (Å²) in [6.45, 7) is 1.01. The van der Waals surface area contributed by atoms with Gasteiger partial charge in [0.25, 0.3) is 0 Å². The van der Waals surface area contributed by atoms with Crippen molar-refractivity contribution in [3.8, 4) is 0 Å². The number of nitrogens with one attached hydrogen (secondary N) is 1. The largest absolute Gasteiger partial charge is 0.305 e. The third-order valence-electron chi connectivity index (χ3n) is 3.00. The van der Waals surface area contributed by atoms with Crippen molar-refractivity contribution in [3.05, 3.63) is 67.2 Å². The molecule has 4 heteroatoms. The zero-order valence-corrected chi connectivity index (χ0v) is 12.9. The molecule has 0 aromatic carbocycles. The third kappa shape index (κ3) is 3.34. The van der Waals surface area contributed by atoms with Crippen molar-refractivity contribution in [2.45, 2.75) is 12.5 Å². The molecule has 0 amide bonds. The molecule has 1 N–H and O–H groups in total. The Balaban J connectivity index is 1.67. The number of thiophene rings is 3. The fourth-order valence-corrected chi connectivity index (χ4v) is 4.46. The number of hydrogen-bond acceptors (Lipinski definition) is 4. The maximum atomic E-state index is 3.69. The molecular weight excluding hydrogens is 290 g/mol. The molecule has 0 spiro atoms. The summed E-state index contributed by atoms with van der Waals surface area (Å²) in [4.78, 5) is 2.79. The van der Waals surface area contributed by atoms with Crippen LogP contribution in [0.1, 0.15) is 21.4 Å². The monoisotopic (exact) mass is 305 g/mol. The van der Waals surface area contributed by atoms with Gasteiger partial charge in [0.2, 0.25) is 0 Å². The molecular formula is C15H15NS3. The summed E-state index contributed by atoms with van der Waals surface area (Å²) < 4.78 is 0. The molecule has 3 aromatic rings. The molecule has 3 aromatic heterocycles. The van der Waals surface area contributed by atoms with Crippen LogP contribution in [0, 0.1) is 0 Å². The van der Waals surface area contributed by atoms with Crippen LogP contribution < -0.4 is 5.32 Å². The van der Waals surface area contributed by atoms with E-state index < -0.39 is 0 Å². The topological polar surface area (TPSA) is 12.0 Å². The average Bonchev–Trinajstić information content (AvgIpc) is 3.15. The number of hydrogen-bond donors (Lipinski definition) is 1. The normalized spacial score (nSPS) is 11.2.